The van der Waals surface area contributed by atoms with Gasteiger partial charge in [0.15, 0.2) is 17.3 Å². The van der Waals surface area contributed by atoms with E-state index in [9.17, 15) is 9.90 Å². The number of benzene rings is 1. The second-order valence-corrected chi connectivity index (χ2v) is 2.77. The van der Waals surface area contributed by atoms with Crippen LogP contribution in [0.5, 0.6) is 11.5 Å². The van der Waals surface area contributed by atoms with Crippen LogP contribution in [0.15, 0.2) is 18.2 Å². The second kappa shape index (κ2) is 2.52. The molecule has 12 heavy (non-hydrogen) atoms. The summed E-state index contributed by atoms with van der Waals surface area (Å²) < 4.78 is 5.07. The molecule has 0 aromatic heterocycles. The molecule has 1 aliphatic heterocycles. The van der Waals surface area contributed by atoms with Crippen LogP contribution in [0.3, 0.4) is 0 Å². The number of fused-ring (bicyclic) bond motifs is 1. The Kier molecular flexibility index (Phi) is 1.50. The highest BCUT2D eigenvalue weighted by molar-refractivity contribution is 5.85. The summed E-state index contributed by atoms with van der Waals surface area (Å²) in [5.74, 6) is 0.616. The van der Waals surface area contributed by atoms with Crippen molar-refractivity contribution in [3.63, 3.8) is 0 Å². The minimum Gasteiger partial charge on any atom is -0.504 e. The first kappa shape index (κ1) is 7.16. The fourth-order valence-electron chi connectivity index (χ4n) is 1.29. The van der Waals surface area contributed by atoms with E-state index in [1.165, 1.54) is 0 Å². The van der Waals surface area contributed by atoms with E-state index in [1.54, 1.807) is 18.2 Å². The first-order valence-electron chi connectivity index (χ1n) is 3.73. The van der Waals surface area contributed by atoms with Crippen LogP contribution < -0.4 is 4.74 Å². The largest absolute Gasteiger partial charge is 0.504 e. The van der Waals surface area contributed by atoms with Crippen molar-refractivity contribution >= 4 is 5.78 Å². The lowest BCUT2D eigenvalue weighted by Gasteiger charge is -2.16. The molecule has 62 valence electrons. The predicted octanol–water partition coefficient (Wildman–Crippen LogP) is 0.896. The Balaban J connectivity index is 2.48. The highest BCUT2D eigenvalue weighted by Gasteiger charge is 2.18. The van der Waals surface area contributed by atoms with Gasteiger partial charge < -0.3 is 9.84 Å². The van der Waals surface area contributed by atoms with Gasteiger partial charge in [0.1, 0.15) is 6.61 Å². The number of aromatic hydroxyl groups is 1. The standard InChI is InChI=1S/C9H8O3/c10-7-4-6-2-1-3-8(11)9(6)12-5-7/h1-3,11H,4-5H2. The number of carbonyl (C=O) groups excluding carboxylic acids is 1. The Morgan fingerprint density at radius 1 is 1.42 bits per heavy atom. The van der Waals surface area contributed by atoms with E-state index >= 15 is 0 Å². The highest BCUT2D eigenvalue weighted by Crippen LogP contribution is 2.32. The highest BCUT2D eigenvalue weighted by atomic mass is 16.5. The number of hydrogen-bond acceptors (Lipinski definition) is 3. The average molecular weight is 164 g/mol. The van der Waals surface area contributed by atoms with E-state index in [1.807, 2.05) is 0 Å². The van der Waals surface area contributed by atoms with Crippen LogP contribution in [0.4, 0.5) is 0 Å². The Bertz CT molecular complexity index is 331. The molecule has 0 bridgehead atoms. The van der Waals surface area contributed by atoms with Gasteiger partial charge in [-0.2, -0.15) is 0 Å². The summed E-state index contributed by atoms with van der Waals surface area (Å²) in [6, 6.07) is 5.04. The predicted molar refractivity (Wildman–Crippen MR) is 42.3 cm³/mol. The van der Waals surface area contributed by atoms with Crippen LogP contribution in [0.1, 0.15) is 5.56 Å². The molecule has 0 fully saturated rings. The number of carbonyl (C=O) groups is 1. The molecule has 1 aromatic rings. The molecule has 0 saturated carbocycles. The van der Waals surface area contributed by atoms with E-state index < -0.39 is 0 Å². The van der Waals surface area contributed by atoms with Crippen molar-refractivity contribution < 1.29 is 14.6 Å². The normalized spacial score (nSPS) is 15.2. The number of phenolic OH excluding ortho intramolecular Hbond substituents is 1. The third-order valence-electron chi connectivity index (χ3n) is 1.84. The minimum atomic E-state index is 0.0492. The van der Waals surface area contributed by atoms with Crippen molar-refractivity contribution in [1.82, 2.24) is 0 Å². The van der Waals surface area contributed by atoms with Gasteiger partial charge in [-0.1, -0.05) is 12.1 Å². The van der Waals surface area contributed by atoms with E-state index in [-0.39, 0.29) is 18.1 Å². The first-order chi connectivity index (χ1) is 5.77. The summed E-state index contributed by atoms with van der Waals surface area (Å²) in [4.78, 5) is 10.9. The van der Waals surface area contributed by atoms with Crippen molar-refractivity contribution in [3.05, 3.63) is 23.8 Å². The Labute approximate surface area is 69.6 Å². The van der Waals surface area contributed by atoms with Gasteiger partial charge in [0, 0.05) is 12.0 Å². The van der Waals surface area contributed by atoms with E-state index in [4.69, 9.17) is 4.74 Å². The van der Waals surface area contributed by atoms with Crippen LogP contribution >= 0.6 is 0 Å². The number of phenols is 1. The minimum absolute atomic E-state index is 0.0492. The molecule has 1 aliphatic rings. The third kappa shape index (κ3) is 1.03. The molecule has 0 unspecified atom stereocenters. The lowest BCUT2D eigenvalue weighted by Crippen LogP contribution is -2.19. The fourth-order valence-corrected chi connectivity index (χ4v) is 1.29. The van der Waals surface area contributed by atoms with Gasteiger partial charge in [0.05, 0.1) is 0 Å². The molecule has 1 N–H and O–H groups in total. The maximum atomic E-state index is 10.9. The van der Waals surface area contributed by atoms with Crippen LogP contribution in [0.25, 0.3) is 0 Å². The SMILES string of the molecule is O=C1COc2c(O)cccc2C1. The van der Waals surface area contributed by atoms with Crippen molar-refractivity contribution in [2.75, 3.05) is 6.61 Å². The van der Waals surface area contributed by atoms with Gasteiger partial charge in [-0.3, -0.25) is 4.79 Å². The van der Waals surface area contributed by atoms with E-state index in [0.717, 1.165) is 5.56 Å². The Morgan fingerprint density at radius 2 is 2.25 bits per heavy atom. The summed E-state index contributed by atoms with van der Waals surface area (Å²) in [5.41, 5.74) is 0.770. The topological polar surface area (TPSA) is 46.5 Å². The van der Waals surface area contributed by atoms with Crippen LogP contribution in [0, 0.1) is 0 Å². The van der Waals surface area contributed by atoms with Crippen LogP contribution in [-0.4, -0.2) is 17.5 Å². The number of Topliss-reactive ketones (excluding diaryl/α,β-unsaturated/α-hetero) is 1. The molecule has 0 atom stereocenters. The summed E-state index contributed by atoms with van der Waals surface area (Å²) in [6.45, 7) is 0.0740. The number of ketones is 1. The zero-order valence-corrected chi connectivity index (χ0v) is 6.41. The van der Waals surface area contributed by atoms with Gasteiger partial charge in [0.2, 0.25) is 0 Å². The lowest BCUT2D eigenvalue weighted by molar-refractivity contribution is -0.121. The van der Waals surface area contributed by atoms with Gasteiger partial charge in [0.25, 0.3) is 0 Å². The molecule has 1 heterocycles. The number of hydrogen-bond donors (Lipinski definition) is 1. The number of para-hydroxylation sites is 1. The third-order valence-corrected chi connectivity index (χ3v) is 1.84. The zero-order valence-electron chi connectivity index (χ0n) is 6.41. The maximum Gasteiger partial charge on any atom is 0.174 e. The molecular weight excluding hydrogens is 156 g/mol. The summed E-state index contributed by atoms with van der Waals surface area (Å²) in [5, 5.41) is 9.31. The molecule has 0 spiro atoms. The van der Waals surface area contributed by atoms with Gasteiger partial charge >= 0.3 is 0 Å². The molecule has 2 rings (SSSR count). The molecule has 0 radical (unpaired) electrons. The Hall–Kier alpha value is -1.51. The number of ether oxygens (including phenoxy) is 1. The lowest BCUT2D eigenvalue weighted by atomic mass is 10.1. The van der Waals surface area contributed by atoms with Crippen molar-refractivity contribution in [3.8, 4) is 11.5 Å². The summed E-state index contributed by atoms with van der Waals surface area (Å²) in [6.07, 6.45) is 0.365. The van der Waals surface area contributed by atoms with Crippen LogP contribution in [-0.2, 0) is 11.2 Å². The van der Waals surface area contributed by atoms with Crippen molar-refractivity contribution in [2.24, 2.45) is 0 Å². The average Bonchev–Trinajstić information content (AvgIpc) is 2.04. The molecule has 0 amide bonds. The molecule has 1 aromatic carbocycles. The van der Waals surface area contributed by atoms with Crippen molar-refractivity contribution in [2.45, 2.75) is 6.42 Å². The number of rotatable bonds is 0. The van der Waals surface area contributed by atoms with Gasteiger partial charge in [-0.25, -0.2) is 0 Å². The second-order valence-electron chi connectivity index (χ2n) is 2.77. The zero-order chi connectivity index (χ0) is 8.55. The summed E-state index contributed by atoms with van der Waals surface area (Å²) in [7, 11) is 0. The van der Waals surface area contributed by atoms with Gasteiger partial charge in [-0.05, 0) is 6.07 Å². The quantitative estimate of drug-likeness (QED) is 0.619. The molecule has 3 heteroatoms. The molecule has 0 saturated heterocycles. The molecular formula is C9H8O3. The monoisotopic (exact) mass is 164 g/mol. The van der Waals surface area contributed by atoms with Crippen molar-refractivity contribution in [1.29, 1.82) is 0 Å². The summed E-state index contributed by atoms with van der Waals surface area (Å²) >= 11 is 0. The van der Waals surface area contributed by atoms with Gasteiger partial charge in [-0.15, -0.1) is 0 Å². The molecule has 0 aliphatic carbocycles. The first-order valence-corrected chi connectivity index (χ1v) is 3.73. The molecule has 3 nitrogen and oxygen atoms in total. The van der Waals surface area contributed by atoms with E-state index in [2.05, 4.69) is 0 Å². The van der Waals surface area contributed by atoms with E-state index in [0.29, 0.717) is 12.2 Å². The smallest absolute Gasteiger partial charge is 0.174 e. The maximum absolute atomic E-state index is 10.9. The van der Waals surface area contributed by atoms with Crippen LogP contribution in [0.2, 0.25) is 0 Å². The fraction of sp³-hybridized carbons (Fsp3) is 0.222. The Morgan fingerprint density at radius 3 is 3.08 bits per heavy atom.